The summed E-state index contributed by atoms with van der Waals surface area (Å²) in [4.78, 5) is 33.2. The first-order valence-corrected chi connectivity index (χ1v) is 6.14. The lowest BCUT2D eigenvalue weighted by atomic mass is 10.2. The molecule has 1 aromatic rings. The third-order valence-electron chi connectivity index (χ3n) is 2.60. The fourth-order valence-electron chi connectivity index (χ4n) is 1.66. The molecule has 0 bridgehead atoms. The largest absolute Gasteiger partial charge is 0.464 e. The van der Waals surface area contributed by atoms with E-state index >= 15 is 0 Å². The number of hydrogen-bond acceptors (Lipinski definition) is 8. The van der Waals surface area contributed by atoms with Gasteiger partial charge in [-0.15, -0.1) is 0 Å². The second-order valence-electron chi connectivity index (χ2n) is 3.99. The molecule has 0 unspecified atom stereocenters. The molecule has 0 atom stereocenters. The van der Waals surface area contributed by atoms with E-state index in [1.54, 1.807) is 0 Å². The average Bonchev–Trinajstić information content (AvgIpc) is 2.86. The Morgan fingerprint density at radius 1 is 1.32 bits per heavy atom. The van der Waals surface area contributed by atoms with Crippen LogP contribution >= 0.6 is 0 Å². The van der Waals surface area contributed by atoms with Crippen LogP contribution in [0.5, 0.6) is 0 Å². The number of rotatable bonds is 9. The molecule has 1 rings (SSSR count). The van der Waals surface area contributed by atoms with Gasteiger partial charge in [0, 0.05) is 7.11 Å². The van der Waals surface area contributed by atoms with Crippen molar-refractivity contribution >= 4 is 17.6 Å². The zero-order chi connectivity index (χ0) is 16.7. The lowest BCUT2D eigenvalue weighted by molar-refractivity contribution is -0.385. The van der Waals surface area contributed by atoms with Gasteiger partial charge in [0.1, 0.15) is 0 Å². The van der Waals surface area contributed by atoms with Gasteiger partial charge in [-0.05, 0) is 0 Å². The van der Waals surface area contributed by atoms with Gasteiger partial charge in [0.15, 0.2) is 0 Å². The van der Waals surface area contributed by atoms with Crippen LogP contribution in [-0.4, -0.2) is 60.6 Å². The lowest BCUT2D eigenvalue weighted by Crippen LogP contribution is -2.21. The van der Waals surface area contributed by atoms with E-state index in [0.717, 1.165) is 11.8 Å². The topological polar surface area (TPSA) is 149 Å². The molecule has 0 saturated carbocycles. The van der Waals surface area contributed by atoms with E-state index in [1.165, 1.54) is 7.11 Å². The fraction of sp³-hybridized carbons (Fsp3) is 0.545. The van der Waals surface area contributed by atoms with Crippen molar-refractivity contribution in [1.82, 2.24) is 9.78 Å². The number of amides is 1. The number of hydrogen-bond donors (Lipinski definition) is 1. The second-order valence-corrected chi connectivity index (χ2v) is 3.99. The van der Waals surface area contributed by atoms with Crippen molar-refractivity contribution in [3.63, 3.8) is 0 Å². The van der Waals surface area contributed by atoms with Crippen molar-refractivity contribution in [2.75, 3.05) is 34.0 Å². The maximum Gasteiger partial charge on any atom is 0.365 e. The number of nitrogens with two attached hydrogens (primary N) is 1. The Morgan fingerprint density at radius 2 is 2.00 bits per heavy atom. The third-order valence-corrected chi connectivity index (χ3v) is 2.60. The number of methoxy groups -OCH3 is 2. The Morgan fingerprint density at radius 3 is 2.50 bits per heavy atom. The van der Waals surface area contributed by atoms with Crippen molar-refractivity contribution in [2.45, 2.75) is 6.54 Å². The molecule has 0 radical (unpaired) electrons. The highest BCUT2D eigenvalue weighted by atomic mass is 16.6. The number of carbonyl (C=O) groups excluding carboxylic acids is 2. The summed E-state index contributed by atoms with van der Waals surface area (Å²) in [6, 6.07) is 0. The van der Waals surface area contributed by atoms with Gasteiger partial charge in [-0.3, -0.25) is 19.6 Å². The van der Waals surface area contributed by atoms with Crippen LogP contribution in [0.3, 0.4) is 0 Å². The molecule has 0 aliphatic rings. The van der Waals surface area contributed by atoms with E-state index in [2.05, 4.69) is 9.84 Å². The SMILES string of the molecule is COCCOCCn1nc(C(=O)OC)c([N+](=O)[O-])c1C(N)=O. The summed E-state index contributed by atoms with van der Waals surface area (Å²) in [6.45, 7) is 0.772. The normalized spacial score (nSPS) is 10.5. The average molecular weight is 316 g/mol. The Balaban J connectivity index is 3.07. The molecule has 1 amide bonds. The predicted octanol–water partition coefficient (Wildman–Crippen LogP) is -0.660. The number of carbonyl (C=O) groups is 2. The van der Waals surface area contributed by atoms with Crippen LogP contribution in [-0.2, 0) is 20.8 Å². The Labute approximate surface area is 125 Å². The van der Waals surface area contributed by atoms with Crippen LogP contribution in [0.1, 0.15) is 21.0 Å². The van der Waals surface area contributed by atoms with E-state index in [1.807, 2.05) is 0 Å². The highest BCUT2D eigenvalue weighted by Crippen LogP contribution is 2.24. The zero-order valence-electron chi connectivity index (χ0n) is 12.1. The molecule has 22 heavy (non-hydrogen) atoms. The quantitative estimate of drug-likeness (QED) is 0.273. The third kappa shape index (κ3) is 3.99. The summed E-state index contributed by atoms with van der Waals surface area (Å²) >= 11 is 0. The summed E-state index contributed by atoms with van der Waals surface area (Å²) in [5.74, 6) is -2.11. The highest BCUT2D eigenvalue weighted by Gasteiger charge is 2.35. The van der Waals surface area contributed by atoms with Crippen LogP contribution in [0.15, 0.2) is 0 Å². The van der Waals surface area contributed by atoms with Crippen molar-refractivity contribution in [3.8, 4) is 0 Å². The van der Waals surface area contributed by atoms with Gasteiger partial charge in [0.25, 0.3) is 5.91 Å². The first kappa shape index (κ1) is 17.5. The molecule has 122 valence electrons. The monoisotopic (exact) mass is 316 g/mol. The summed E-state index contributed by atoms with van der Waals surface area (Å²) in [6.07, 6.45) is 0. The number of aromatic nitrogens is 2. The molecule has 0 fully saturated rings. The standard InChI is InChI=1S/C11H16N4O7/c1-20-5-6-22-4-3-14-9(10(12)16)8(15(18)19)7(13-14)11(17)21-2/h3-6H2,1-2H3,(H2,12,16). The van der Waals surface area contributed by atoms with E-state index in [0.29, 0.717) is 13.2 Å². The molecule has 0 aliphatic heterocycles. The van der Waals surface area contributed by atoms with Gasteiger partial charge in [0.05, 0.1) is 38.4 Å². The van der Waals surface area contributed by atoms with E-state index in [-0.39, 0.29) is 13.2 Å². The number of primary amides is 1. The Bertz CT molecular complexity index is 569. The van der Waals surface area contributed by atoms with Crippen LogP contribution in [0.4, 0.5) is 5.69 Å². The molecular formula is C11H16N4O7. The molecule has 11 nitrogen and oxygen atoms in total. The molecule has 0 aliphatic carbocycles. The zero-order valence-corrected chi connectivity index (χ0v) is 12.1. The van der Waals surface area contributed by atoms with E-state index in [4.69, 9.17) is 15.2 Å². The van der Waals surface area contributed by atoms with Gasteiger partial charge in [-0.2, -0.15) is 5.10 Å². The highest BCUT2D eigenvalue weighted by molar-refractivity contribution is 6.01. The summed E-state index contributed by atoms with van der Waals surface area (Å²) in [5.41, 5.74) is 3.29. The molecule has 11 heteroatoms. The minimum Gasteiger partial charge on any atom is -0.464 e. The summed E-state index contributed by atoms with van der Waals surface area (Å²) in [7, 11) is 2.55. The minimum atomic E-state index is -1.08. The van der Waals surface area contributed by atoms with Gasteiger partial charge < -0.3 is 19.9 Å². The van der Waals surface area contributed by atoms with Crippen LogP contribution in [0.25, 0.3) is 0 Å². The summed E-state index contributed by atoms with van der Waals surface area (Å²) in [5, 5.41) is 14.8. The lowest BCUT2D eigenvalue weighted by Gasteiger charge is -2.05. The van der Waals surface area contributed by atoms with Gasteiger partial charge >= 0.3 is 11.7 Å². The van der Waals surface area contributed by atoms with Gasteiger partial charge in [0.2, 0.25) is 11.4 Å². The van der Waals surface area contributed by atoms with Gasteiger partial charge in [-0.1, -0.05) is 0 Å². The molecular weight excluding hydrogens is 300 g/mol. The van der Waals surface area contributed by atoms with Crippen molar-refractivity contribution in [2.24, 2.45) is 5.73 Å². The molecule has 0 spiro atoms. The number of nitro groups is 1. The van der Waals surface area contributed by atoms with Crippen LogP contribution in [0.2, 0.25) is 0 Å². The first-order chi connectivity index (χ1) is 10.4. The fourth-order valence-corrected chi connectivity index (χ4v) is 1.66. The molecule has 0 saturated heterocycles. The molecule has 2 N–H and O–H groups in total. The van der Waals surface area contributed by atoms with Crippen molar-refractivity contribution < 1.29 is 28.7 Å². The number of ether oxygens (including phenoxy) is 3. The minimum absolute atomic E-state index is 0.000177. The van der Waals surface area contributed by atoms with Gasteiger partial charge in [-0.25, -0.2) is 4.79 Å². The van der Waals surface area contributed by atoms with Crippen molar-refractivity contribution in [1.29, 1.82) is 0 Å². The second kappa shape index (κ2) is 8.05. The van der Waals surface area contributed by atoms with Crippen LogP contribution in [0, 0.1) is 10.1 Å². The van der Waals surface area contributed by atoms with Crippen molar-refractivity contribution in [3.05, 3.63) is 21.5 Å². The number of esters is 1. The predicted molar refractivity (Wildman–Crippen MR) is 71.4 cm³/mol. The molecule has 1 aromatic heterocycles. The van der Waals surface area contributed by atoms with Crippen LogP contribution < -0.4 is 5.73 Å². The Hall–Kier alpha value is -2.53. The van der Waals surface area contributed by atoms with E-state index in [9.17, 15) is 19.7 Å². The molecule has 1 heterocycles. The Kier molecular flexibility index (Phi) is 6.41. The number of nitrogens with zero attached hydrogens (tertiary/aromatic N) is 3. The summed E-state index contributed by atoms with van der Waals surface area (Å²) < 4.78 is 15.3. The maximum absolute atomic E-state index is 11.5. The first-order valence-electron chi connectivity index (χ1n) is 6.14. The smallest absolute Gasteiger partial charge is 0.365 e. The molecule has 0 aromatic carbocycles. The maximum atomic E-state index is 11.5. The van der Waals surface area contributed by atoms with E-state index < -0.39 is 33.9 Å².